The predicted octanol–water partition coefficient (Wildman–Crippen LogP) is 5.06. The highest BCUT2D eigenvalue weighted by Crippen LogP contribution is 2.19. The van der Waals surface area contributed by atoms with Crippen LogP contribution in [0.4, 0.5) is 0 Å². The number of rotatable bonds is 9. The lowest BCUT2D eigenvalue weighted by atomic mass is 10.1. The van der Waals surface area contributed by atoms with Crippen molar-refractivity contribution in [3.63, 3.8) is 0 Å². The second-order valence-electron chi connectivity index (χ2n) is 5.54. The number of hydrogen-bond acceptors (Lipinski definition) is 3. The molecule has 1 aromatic heterocycles. The van der Waals surface area contributed by atoms with Gasteiger partial charge in [-0.25, -0.2) is 9.97 Å². The molecule has 2 rings (SSSR count). The average Bonchev–Trinajstić information content (AvgIpc) is 2.56. The average molecular weight is 298 g/mol. The molecule has 1 heterocycles. The van der Waals surface area contributed by atoms with Crippen LogP contribution in [0.15, 0.2) is 36.7 Å². The normalized spacial score (nSPS) is 10.6. The molecular formula is C19H26N2O. The molecule has 0 saturated carbocycles. The van der Waals surface area contributed by atoms with Gasteiger partial charge in [0.15, 0.2) is 5.82 Å². The molecule has 0 aliphatic rings. The molecular weight excluding hydrogens is 272 g/mol. The van der Waals surface area contributed by atoms with Crippen molar-refractivity contribution in [3.8, 4) is 17.1 Å². The first-order chi connectivity index (χ1) is 10.8. The number of aryl methyl sites for hydroxylation is 1. The van der Waals surface area contributed by atoms with Crippen LogP contribution >= 0.6 is 0 Å². The molecule has 0 fully saturated rings. The molecule has 0 aliphatic carbocycles. The summed E-state index contributed by atoms with van der Waals surface area (Å²) in [5, 5.41) is 0. The van der Waals surface area contributed by atoms with Crippen molar-refractivity contribution >= 4 is 0 Å². The van der Waals surface area contributed by atoms with Gasteiger partial charge in [0.1, 0.15) is 5.75 Å². The van der Waals surface area contributed by atoms with Gasteiger partial charge in [-0.2, -0.15) is 0 Å². The van der Waals surface area contributed by atoms with Gasteiger partial charge in [-0.05, 0) is 49.6 Å². The summed E-state index contributed by atoms with van der Waals surface area (Å²) in [7, 11) is 0. The van der Waals surface area contributed by atoms with Crippen LogP contribution in [0, 0.1) is 0 Å². The molecule has 0 unspecified atom stereocenters. The molecule has 0 radical (unpaired) electrons. The van der Waals surface area contributed by atoms with Crippen molar-refractivity contribution in [2.24, 2.45) is 0 Å². The number of hydrogen-bond donors (Lipinski definition) is 0. The molecule has 2 aromatic rings. The van der Waals surface area contributed by atoms with Crippen LogP contribution in [-0.4, -0.2) is 16.6 Å². The molecule has 3 heteroatoms. The van der Waals surface area contributed by atoms with Crippen LogP contribution < -0.4 is 4.74 Å². The fourth-order valence-electron chi connectivity index (χ4n) is 2.43. The third-order valence-corrected chi connectivity index (χ3v) is 3.70. The highest BCUT2D eigenvalue weighted by Gasteiger charge is 2.02. The van der Waals surface area contributed by atoms with Crippen molar-refractivity contribution in [2.45, 2.75) is 52.4 Å². The monoisotopic (exact) mass is 298 g/mol. The number of nitrogens with zero attached hydrogens (tertiary/aromatic N) is 2. The van der Waals surface area contributed by atoms with E-state index in [2.05, 4.69) is 16.9 Å². The Morgan fingerprint density at radius 1 is 0.864 bits per heavy atom. The summed E-state index contributed by atoms with van der Waals surface area (Å²) in [5.74, 6) is 1.66. The van der Waals surface area contributed by atoms with Crippen molar-refractivity contribution in [1.82, 2.24) is 9.97 Å². The number of aromatic nitrogens is 2. The van der Waals surface area contributed by atoms with Gasteiger partial charge in [0.05, 0.1) is 6.61 Å². The Balaban J connectivity index is 1.88. The Hall–Kier alpha value is -1.90. The molecule has 0 bridgehead atoms. The Morgan fingerprint density at radius 2 is 1.55 bits per heavy atom. The van der Waals surface area contributed by atoms with Crippen LogP contribution in [0.25, 0.3) is 11.4 Å². The molecule has 0 saturated heterocycles. The minimum absolute atomic E-state index is 0.683. The number of ether oxygens (including phenoxy) is 1. The first-order valence-corrected chi connectivity index (χ1v) is 8.37. The molecule has 22 heavy (non-hydrogen) atoms. The maximum Gasteiger partial charge on any atom is 0.159 e. The third-order valence-electron chi connectivity index (χ3n) is 3.70. The molecule has 3 nitrogen and oxygen atoms in total. The van der Waals surface area contributed by atoms with Crippen molar-refractivity contribution < 1.29 is 4.74 Å². The standard InChI is InChI=1S/C19H26N2O/c1-3-5-6-7-8-9-16-14-20-19(21-15-16)17-10-12-18(13-11-17)22-4-2/h10-15H,3-9H2,1-2H3. The van der Waals surface area contributed by atoms with E-state index in [1.807, 2.05) is 43.6 Å². The minimum atomic E-state index is 0.683. The fourth-order valence-corrected chi connectivity index (χ4v) is 2.43. The quantitative estimate of drug-likeness (QED) is 0.607. The Labute approximate surface area is 133 Å². The lowest BCUT2D eigenvalue weighted by molar-refractivity contribution is 0.340. The zero-order valence-corrected chi connectivity index (χ0v) is 13.7. The molecule has 0 aliphatic heterocycles. The van der Waals surface area contributed by atoms with Crippen LogP contribution in [0.1, 0.15) is 51.5 Å². The zero-order valence-electron chi connectivity index (χ0n) is 13.7. The van der Waals surface area contributed by atoms with E-state index >= 15 is 0 Å². The van der Waals surface area contributed by atoms with Crippen molar-refractivity contribution in [1.29, 1.82) is 0 Å². The molecule has 1 aromatic carbocycles. The third kappa shape index (κ3) is 5.14. The van der Waals surface area contributed by atoms with E-state index in [1.54, 1.807) is 0 Å². The van der Waals surface area contributed by atoms with Gasteiger partial charge < -0.3 is 4.74 Å². The summed E-state index contributed by atoms with van der Waals surface area (Å²) >= 11 is 0. The molecule has 0 atom stereocenters. The number of unbranched alkanes of at least 4 members (excludes halogenated alkanes) is 4. The molecule has 0 amide bonds. The van der Waals surface area contributed by atoms with Crippen molar-refractivity contribution in [3.05, 3.63) is 42.2 Å². The summed E-state index contributed by atoms with van der Waals surface area (Å²) in [5.41, 5.74) is 2.25. The summed E-state index contributed by atoms with van der Waals surface area (Å²) in [4.78, 5) is 8.98. The predicted molar refractivity (Wildman–Crippen MR) is 91.1 cm³/mol. The zero-order chi connectivity index (χ0) is 15.6. The second kappa shape index (κ2) is 9.19. The lowest BCUT2D eigenvalue weighted by Gasteiger charge is -2.05. The highest BCUT2D eigenvalue weighted by molar-refractivity contribution is 5.55. The molecule has 0 N–H and O–H groups in total. The fraction of sp³-hybridized carbons (Fsp3) is 0.474. The van der Waals surface area contributed by atoms with Gasteiger partial charge in [0, 0.05) is 18.0 Å². The maximum atomic E-state index is 5.45. The maximum absolute atomic E-state index is 5.45. The first-order valence-electron chi connectivity index (χ1n) is 8.37. The van der Waals surface area contributed by atoms with Crippen LogP contribution in [0.5, 0.6) is 5.75 Å². The van der Waals surface area contributed by atoms with E-state index < -0.39 is 0 Å². The van der Waals surface area contributed by atoms with E-state index in [-0.39, 0.29) is 0 Å². The smallest absolute Gasteiger partial charge is 0.159 e. The van der Waals surface area contributed by atoms with E-state index in [1.165, 1.54) is 37.7 Å². The van der Waals surface area contributed by atoms with Gasteiger partial charge in [-0.3, -0.25) is 0 Å². The Bertz CT molecular complexity index is 534. The van der Waals surface area contributed by atoms with Gasteiger partial charge in [-0.1, -0.05) is 32.6 Å². The SMILES string of the molecule is CCCCCCCc1cnc(-c2ccc(OCC)cc2)nc1. The summed E-state index contributed by atoms with van der Waals surface area (Å²) < 4.78 is 5.45. The Morgan fingerprint density at radius 3 is 2.18 bits per heavy atom. The summed E-state index contributed by atoms with van der Waals surface area (Å²) in [6.07, 6.45) is 11.5. The topological polar surface area (TPSA) is 35.0 Å². The lowest BCUT2D eigenvalue weighted by Crippen LogP contribution is -1.94. The van der Waals surface area contributed by atoms with E-state index in [9.17, 15) is 0 Å². The number of benzene rings is 1. The first kappa shape index (κ1) is 16.5. The molecule has 0 spiro atoms. The highest BCUT2D eigenvalue weighted by atomic mass is 16.5. The van der Waals surface area contributed by atoms with Gasteiger partial charge >= 0.3 is 0 Å². The van der Waals surface area contributed by atoms with Crippen molar-refractivity contribution in [2.75, 3.05) is 6.61 Å². The van der Waals surface area contributed by atoms with E-state index in [0.717, 1.165) is 23.6 Å². The summed E-state index contributed by atoms with van der Waals surface area (Å²) in [6, 6.07) is 7.93. The largest absolute Gasteiger partial charge is 0.494 e. The van der Waals surface area contributed by atoms with Gasteiger partial charge in [-0.15, -0.1) is 0 Å². The summed E-state index contributed by atoms with van der Waals surface area (Å²) in [6.45, 7) is 4.91. The van der Waals surface area contributed by atoms with Gasteiger partial charge in [0.2, 0.25) is 0 Å². The minimum Gasteiger partial charge on any atom is -0.494 e. The van der Waals surface area contributed by atoms with Gasteiger partial charge in [0.25, 0.3) is 0 Å². The van der Waals surface area contributed by atoms with Crippen LogP contribution in [0.2, 0.25) is 0 Å². The van der Waals surface area contributed by atoms with Crippen LogP contribution in [-0.2, 0) is 6.42 Å². The van der Waals surface area contributed by atoms with E-state index in [0.29, 0.717) is 6.61 Å². The molecule has 118 valence electrons. The second-order valence-corrected chi connectivity index (χ2v) is 5.54. The van der Waals surface area contributed by atoms with Crippen LogP contribution in [0.3, 0.4) is 0 Å². The van der Waals surface area contributed by atoms with E-state index in [4.69, 9.17) is 4.74 Å². The Kier molecular flexibility index (Phi) is 6.88.